The number of rotatable bonds is 3. The Morgan fingerprint density at radius 3 is 3.00 bits per heavy atom. The van der Waals surface area contributed by atoms with Crippen LogP contribution in [-0.4, -0.2) is 18.3 Å². The fraction of sp³-hybridized carbons (Fsp3) is 0.533. The van der Waals surface area contributed by atoms with Gasteiger partial charge in [0.25, 0.3) is 0 Å². The highest BCUT2D eigenvalue weighted by molar-refractivity contribution is 5.96. The van der Waals surface area contributed by atoms with Crippen molar-refractivity contribution in [2.45, 2.75) is 38.0 Å². The molecule has 1 atom stereocenters. The fourth-order valence-corrected chi connectivity index (χ4v) is 2.96. The number of halogens is 2. The molecule has 1 aromatic rings. The van der Waals surface area contributed by atoms with Crippen LogP contribution in [-0.2, 0) is 6.42 Å². The molecule has 1 aliphatic carbocycles. The van der Waals surface area contributed by atoms with Crippen molar-refractivity contribution in [3.05, 3.63) is 29.3 Å². The van der Waals surface area contributed by atoms with E-state index in [4.69, 9.17) is 4.74 Å². The van der Waals surface area contributed by atoms with Crippen LogP contribution in [0.3, 0.4) is 0 Å². The van der Waals surface area contributed by atoms with Gasteiger partial charge in [-0.15, -0.1) is 0 Å². The van der Waals surface area contributed by atoms with Crippen LogP contribution in [0.4, 0.5) is 8.78 Å². The normalized spacial score (nSPS) is 24.0. The first-order valence-electron chi connectivity index (χ1n) is 6.70. The Morgan fingerprint density at radius 2 is 2.26 bits per heavy atom. The van der Waals surface area contributed by atoms with Crippen molar-refractivity contribution in [1.29, 1.82) is 0 Å². The number of fused-ring (bicyclic) bond motifs is 1. The van der Waals surface area contributed by atoms with Gasteiger partial charge in [-0.1, -0.05) is 0 Å². The van der Waals surface area contributed by atoms with Crippen molar-refractivity contribution < 1.29 is 18.3 Å². The van der Waals surface area contributed by atoms with E-state index in [1.807, 2.05) is 6.07 Å². The Labute approximate surface area is 110 Å². The summed E-state index contributed by atoms with van der Waals surface area (Å²) in [4.78, 5) is 12.1. The van der Waals surface area contributed by atoms with Crippen LogP contribution in [0.2, 0.25) is 0 Å². The average molecular weight is 266 g/mol. The molecule has 2 nitrogen and oxygen atoms in total. The summed E-state index contributed by atoms with van der Waals surface area (Å²) in [6.45, 7) is 0.655. The Morgan fingerprint density at radius 1 is 1.42 bits per heavy atom. The highest BCUT2D eigenvalue weighted by Gasteiger charge is 2.40. The number of hydrogen-bond donors (Lipinski definition) is 0. The number of benzene rings is 1. The lowest BCUT2D eigenvalue weighted by Gasteiger charge is -2.10. The van der Waals surface area contributed by atoms with E-state index in [9.17, 15) is 13.6 Å². The molecule has 3 rings (SSSR count). The van der Waals surface area contributed by atoms with Gasteiger partial charge in [0.05, 0.1) is 6.61 Å². The van der Waals surface area contributed by atoms with Gasteiger partial charge < -0.3 is 4.74 Å². The minimum atomic E-state index is -2.57. The van der Waals surface area contributed by atoms with Gasteiger partial charge in [-0.05, 0) is 36.1 Å². The monoisotopic (exact) mass is 266 g/mol. The van der Waals surface area contributed by atoms with Crippen molar-refractivity contribution in [2.75, 3.05) is 6.61 Å². The maximum absolute atomic E-state index is 13.1. The van der Waals surface area contributed by atoms with E-state index < -0.39 is 5.92 Å². The molecule has 4 heteroatoms. The summed E-state index contributed by atoms with van der Waals surface area (Å²) in [6.07, 6.45) is 1.27. The number of ether oxygens (including phenoxy) is 1. The molecular weight excluding hydrogens is 250 g/mol. The largest absolute Gasteiger partial charge is 0.493 e. The third-order valence-corrected chi connectivity index (χ3v) is 3.99. The Hall–Kier alpha value is -1.45. The second kappa shape index (κ2) is 4.58. The molecule has 19 heavy (non-hydrogen) atoms. The molecule has 0 aromatic heterocycles. The fourth-order valence-electron chi connectivity index (χ4n) is 2.96. The number of Topliss-reactive ketones (excluding diaryl/α,β-unsaturated/α-hetero) is 1. The Balaban J connectivity index is 1.68. The smallest absolute Gasteiger partial charge is 0.248 e. The van der Waals surface area contributed by atoms with E-state index in [0.29, 0.717) is 18.6 Å². The molecule has 1 heterocycles. The van der Waals surface area contributed by atoms with E-state index in [2.05, 4.69) is 0 Å². The molecule has 2 aliphatic rings. The first-order chi connectivity index (χ1) is 9.03. The van der Waals surface area contributed by atoms with E-state index in [0.717, 1.165) is 17.7 Å². The number of carbonyl (C=O) groups excluding carboxylic acids is 1. The molecule has 0 spiro atoms. The maximum atomic E-state index is 13.1. The summed E-state index contributed by atoms with van der Waals surface area (Å²) in [5, 5.41) is 0. The van der Waals surface area contributed by atoms with Gasteiger partial charge in [-0.2, -0.15) is 0 Å². The van der Waals surface area contributed by atoms with Gasteiger partial charge >= 0.3 is 0 Å². The predicted molar refractivity (Wildman–Crippen MR) is 66.9 cm³/mol. The molecule has 0 amide bonds. The van der Waals surface area contributed by atoms with Crippen LogP contribution in [0.25, 0.3) is 0 Å². The van der Waals surface area contributed by atoms with Crippen LogP contribution >= 0.6 is 0 Å². The molecule has 1 aromatic carbocycles. The molecule has 0 N–H and O–H groups in total. The predicted octanol–water partition coefficient (Wildman–Crippen LogP) is 3.63. The van der Waals surface area contributed by atoms with Crippen LogP contribution in [0.5, 0.6) is 5.75 Å². The molecule has 0 bridgehead atoms. The molecule has 1 unspecified atom stereocenters. The summed E-state index contributed by atoms with van der Waals surface area (Å²) in [5.74, 6) is -1.94. The van der Waals surface area contributed by atoms with Crippen molar-refractivity contribution in [1.82, 2.24) is 0 Å². The number of carbonyl (C=O) groups is 1. The van der Waals surface area contributed by atoms with Crippen LogP contribution < -0.4 is 4.74 Å². The highest BCUT2D eigenvalue weighted by Crippen LogP contribution is 2.40. The van der Waals surface area contributed by atoms with Crippen molar-refractivity contribution in [3.8, 4) is 5.75 Å². The summed E-state index contributed by atoms with van der Waals surface area (Å²) in [5.41, 5.74) is 1.67. The zero-order valence-corrected chi connectivity index (χ0v) is 10.6. The standard InChI is InChI=1S/C15H16F2O2/c16-15(17)5-3-10(9-15)7-13(18)11-1-2-14-12(8-11)4-6-19-14/h1-2,8,10H,3-7,9H2. The van der Waals surface area contributed by atoms with Crippen molar-refractivity contribution in [2.24, 2.45) is 5.92 Å². The van der Waals surface area contributed by atoms with Crippen LogP contribution in [0.15, 0.2) is 18.2 Å². The Kier molecular flexibility index (Phi) is 3.03. The van der Waals surface area contributed by atoms with E-state index in [-0.39, 0.29) is 31.0 Å². The third kappa shape index (κ3) is 2.62. The third-order valence-electron chi connectivity index (χ3n) is 3.99. The zero-order valence-electron chi connectivity index (χ0n) is 10.6. The number of hydrogen-bond acceptors (Lipinski definition) is 2. The van der Waals surface area contributed by atoms with Gasteiger partial charge in [-0.25, -0.2) is 8.78 Å². The van der Waals surface area contributed by atoms with Crippen molar-refractivity contribution in [3.63, 3.8) is 0 Å². The summed E-state index contributed by atoms with van der Waals surface area (Å²) in [6, 6.07) is 5.39. The van der Waals surface area contributed by atoms with Crippen molar-refractivity contribution >= 4 is 5.78 Å². The lowest BCUT2D eigenvalue weighted by Crippen LogP contribution is -2.12. The lowest BCUT2D eigenvalue weighted by molar-refractivity contribution is 0.00497. The number of alkyl halides is 2. The van der Waals surface area contributed by atoms with E-state index in [1.165, 1.54) is 0 Å². The lowest BCUT2D eigenvalue weighted by atomic mass is 9.95. The van der Waals surface area contributed by atoms with Gasteiger partial charge in [0.15, 0.2) is 5.78 Å². The molecule has 1 aliphatic heterocycles. The van der Waals surface area contributed by atoms with Gasteiger partial charge in [0.2, 0.25) is 5.92 Å². The second-order valence-electron chi connectivity index (χ2n) is 5.51. The van der Waals surface area contributed by atoms with Gasteiger partial charge in [0.1, 0.15) is 5.75 Å². The SMILES string of the molecule is O=C(CC1CCC(F)(F)C1)c1ccc2c(c1)CCO2. The van der Waals surface area contributed by atoms with Gasteiger partial charge in [-0.3, -0.25) is 4.79 Å². The summed E-state index contributed by atoms with van der Waals surface area (Å²) >= 11 is 0. The maximum Gasteiger partial charge on any atom is 0.248 e. The minimum absolute atomic E-state index is 0.0302. The quantitative estimate of drug-likeness (QED) is 0.781. The first kappa shape index (κ1) is 12.6. The average Bonchev–Trinajstić information content (AvgIpc) is 2.94. The Bertz CT molecular complexity index is 511. The molecule has 0 radical (unpaired) electrons. The van der Waals surface area contributed by atoms with Crippen LogP contribution in [0.1, 0.15) is 41.6 Å². The molecule has 102 valence electrons. The minimum Gasteiger partial charge on any atom is -0.493 e. The zero-order chi connectivity index (χ0) is 13.5. The first-order valence-corrected chi connectivity index (χ1v) is 6.70. The molecule has 0 saturated heterocycles. The van der Waals surface area contributed by atoms with Crippen LogP contribution in [0, 0.1) is 5.92 Å². The van der Waals surface area contributed by atoms with E-state index in [1.54, 1.807) is 12.1 Å². The number of ketones is 1. The summed E-state index contributed by atoms with van der Waals surface area (Å²) in [7, 11) is 0. The van der Waals surface area contributed by atoms with Gasteiger partial charge in [0, 0.05) is 31.2 Å². The molecular formula is C15H16F2O2. The summed E-state index contributed by atoms with van der Waals surface area (Å²) < 4.78 is 31.6. The topological polar surface area (TPSA) is 26.3 Å². The second-order valence-corrected chi connectivity index (χ2v) is 5.51. The molecule has 1 fully saturated rings. The highest BCUT2D eigenvalue weighted by atomic mass is 19.3. The van der Waals surface area contributed by atoms with E-state index >= 15 is 0 Å². The molecule has 1 saturated carbocycles.